The minimum Gasteiger partial charge on any atom is -0.492 e. The van der Waals surface area contributed by atoms with Gasteiger partial charge in [0.15, 0.2) is 0 Å². The number of rotatable bonds is 9. The van der Waals surface area contributed by atoms with Crippen molar-refractivity contribution in [3.63, 3.8) is 0 Å². The average Bonchev–Trinajstić information content (AvgIpc) is 3.42. The van der Waals surface area contributed by atoms with E-state index >= 15 is 0 Å². The highest BCUT2D eigenvalue weighted by molar-refractivity contribution is 5.80. The molecule has 0 spiro atoms. The Morgan fingerprint density at radius 1 is 0.947 bits per heavy atom. The van der Waals surface area contributed by atoms with Crippen LogP contribution in [-0.2, 0) is 11.3 Å². The molecule has 5 nitrogen and oxygen atoms in total. The summed E-state index contributed by atoms with van der Waals surface area (Å²) in [6.07, 6.45) is 17.1. The number of allylic oxidation sites excluding steroid dienone is 6. The molecule has 2 fully saturated rings. The Balaban J connectivity index is 1.38. The van der Waals surface area contributed by atoms with Crippen molar-refractivity contribution in [1.29, 1.82) is 0 Å². The van der Waals surface area contributed by atoms with Crippen molar-refractivity contribution < 1.29 is 4.74 Å². The molecule has 2 aromatic heterocycles. The topological polar surface area (TPSA) is 59.1 Å². The molecule has 3 heterocycles. The Labute approximate surface area is 226 Å². The smallest absolute Gasteiger partial charge is 0.132 e. The Bertz CT molecular complexity index is 1360. The van der Waals surface area contributed by atoms with E-state index in [4.69, 9.17) is 4.74 Å². The van der Waals surface area contributed by atoms with E-state index in [1.807, 2.05) is 49.1 Å². The maximum atomic E-state index is 6.20. The highest BCUT2D eigenvalue weighted by atomic mass is 16.5. The van der Waals surface area contributed by atoms with Crippen molar-refractivity contribution >= 4 is 17.0 Å². The first kappa shape index (κ1) is 25.5. The molecule has 0 unspecified atom stereocenters. The zero-order valence-corrected chi connectivity index (χ0v) is 22.3. The number of nitrogens with zero attached hydrogens (tertiary/aromatic N) is 2. The maximum absolute atomic E-state index is 6.20. The van der Waals surface area contributed by atoms with Gasteiger partial charge in [-0.1, -0.05) is 37.3 Å². The third-order valence-electron chi connectivity index (χ3n) is 7.12. The van der Waals surface area contributed by atoms with Gasteiger partial charge in [-0.05, 0) is 85.2 Å². The molecule has 0 radical (unpaired) electrons. The molecular formula is C33H36N4O. The molecule has 5 heteroatoms. The molecule has 3 aromatic rings. The number of ether oxygens (including phenoxy) is 1. The van der Waals surface area contributed by atoms with Gasteiger partial charge in [0, 0.05) is 66.0 Å². The maximum Gasteiger partial charge on any atom is 0.132 e. The molecule has 2 N–H and O–H groups in total. The van der Waals surface area contributed by atoms with Gasteiger partial charge < -0.3 is 15.4 Å². The van der Waals surface area contributed by atoms with Crippen molar-refractivity contribution in [1.82, 2.24) is 15.3 Å². The summed E-state index contributed by atoms with van der Waals surface area (Å²) in [6, 6.07) is 17.0. The van der Waals surface area contributed by atoms with Gasteiger partial charge in [0.1, 0.15) is 5.76 Å². The summed E-state index contributed by atoms with van der Waals surface area (Å²) in [5.41, 5.74) is 10.9. The van der Waals surface area contributed by atoms with Gasteiger partial charge in [0.2, 0.25) is 0 Å². The quantitative estimate of drug-likeness (QED) is 0.313. The third kappa shape index (κ3) is 6.05. The summed E-state index contributed by atoms with van der Waals surface area (Å²) in [4.78, 5) is 8.34. The lowest BCUT2D eigenvalue weighted by molar-refractivity contribution is 0.267. The van der Waals surface area contributed by atoms with E-state index in [0.29, 0.717) is 6.61 Å². The van der Waals surface area contributed by atoms with Gasteiger partial charge in [-0.3, -0.25) is 9.97 Å². The fraction of sp³-hybridized carbons (Fsp3) is 0.273. The predicted octanol–water partition coefficient (Wildman–Crippen LogP) is 7.65. The molecule has 0 amide bonds. The minimum absolute atomic E-state index is 0.700. The number of nitrogens with one attached hydrogen (secondary N) is 2. The second kappa shape index (κ2) is 12.4. The Morgan fingerprint density at radius 3 is 2.42 bits per heavy atom. The van der Waals surface area contributed by atoms with Crippen LogP contribution in [0, 0.1) is 0 Å². The first-order valence-electron chi connectivity index (χ1n) is 13.6. The average molecular weight is 505 g/mol. The fourth-order valence-corrected chi connectivity index (χ4v) is 4.85. The highest BCUT2D eigenvalue weighted by Crippen LogP contribution is 2.35. The lowest BCUT2D eigenvalue weighted by atomic mass is 9.88. The van der Waals surface area contributed by atoms with Crippen molar-refractivity contribution in [2.75, 3.05) is 11.9 Å². The van der Waals surface area contributed by atoms with Gasteiger partial charge >= 0.3 is 0 Å². The van der Waals surface area contributed by atoms with E-state index in [-0.39, 0.29) is 0 Å². The molecule has 1 aliphatic carbocycles. The number of aromatic nitrogens is 2. The second-order valence-electron chi connectivity index (χ2n) is 9.74. The summed E-state index contributed by atoms with van der Waals surface area (Å²) < 4.78 is 6.20. The molecule has 194 valence electrons. The summed E-state index contributed by atoms with van der Waals surface area (Å²) in [5, 5.41) is 7.35. The lowest BCUT2D eigenvalue weighted by Crippen LogP contribution is -2.14. The lowest BCUT2D eigenvalue weighted by Gasteiger charge is -2.24. The summed E-state index contributed by atoms with van der Waals surface area (Å²) >= 11 is 0. The molecule has 1 saturated heterocycles. The first-order valence-corrected chi connectivity index (χ1v) is 13.6. The number of anilines is 1. The molecule has 38 heavy (non-hydrogen) atoms. The van der Waals surface area contributed by atoms with E-state index < -0.39 is 0 Å². The van der Waals surface area contributed by atoms with Crippen molar-refractivity contribution in [3.8, 4) is 0 Å². The molecule has 0 atom stereocenters. The Hall–Kier alpha value is -4.12. The molecule has 1 aliphatic heterocycles. The monoisotopic (exact) mass is 504 g/mol. The van der Waals surface area contributed by atoms with Gasteiger partial charge in [-0.2, -0.15) is 0 Å². The number of hydrogen-bond acceptors (Lipinski definition) is 5. The summed E-state index contributed by atoms with van der Waals surface area (Å²) in [5.74, 6) is 0.971. The van der Waals surface area contributed by atoms with Crippen LogP contribution in [0.3, 0.4) is 0 Å². The van der Waals surface area contributed by atoms with E-state index in [0.717, 1.165) is 60.5 Å². The van der Waals surface area contributed by atoms with Crippen LogP contribution in [0.1, 0.15) is 62.6 Å². The van der Waals surface area contributed by atoms with Crippen LogP contribution in [-0.4, -0.2) is 16.6 Å². The number of pyridine rings is 2. The van der Waals surface area contributed by atoms with Crippen LogP contribution in [0.5, 0.6) is 0 Å². The van der Waals surface area contributed by atoms with E-state index in [1.54, 1.807) is 0 Å². The predicted molar refractivity (Wildman–Crippen MR) is 156 cm³/mol. The number of benzene rings is 1. The third-order valence-corrected chi connectivity index (χ3v) is 7.12. The van der Waals surface area contributed by atoms with E-state index in [9.17, 15) is 0 Å². The van der Waals surface area contributed by atoms with Crippen LogP contribution in [0.2, 0.25) is 0 Å². The largest absolute Gasteiger partial charge is 0.492 e. The van der Waals surface area contributed by atoms with Crippen molar-refractivity contribution in [2.24, 2.45) is 0 Å². The van der Waals surface area contributed by atoms with Crippen LogP contribution >= 0.6 is 0 Å². The Kier molecular flexibility index (Phi) is 8.34. The van der Waals surface area contributed by atoms with Gasteiger partial charge in [0.05, 0.1) is 6.61 Å². The minimum atomic E-state index is 0.700. The summed E-state index contributed by atoms with van der Waals surface area (Å²) in [7, 11) is 0. The van der Waals surface area contributed by atoms with Gasteiger partial charge in [0.25, 0.3) is 0 Å². The second-order valence-corrected chi connectivity index (χ2v) is 9.74. The Morgan fingerprint density at radius 2 is 1.71 bits per heavy atom. The SMILES string of the molecule is CC/C=C/C(=C1/OCC/C1=C(/C)NCc1cccc(C(Nc2ccncc2)=C2CCC2)c1)c1ccncc1. The van der Waals surface area contributed by atoms with Crippen LogP contribution < -0.4 is 10.6 Å². The van der Waals surface area contributed by atoms with Crippen LogP contribution in [0.4, 0.5) is 5.69 Å². The van der Waals surface area contributed by atoms with Gasteiger partial charge in [-0.25, -0.2) is 0 Å². The molecule has 2 aliphatic rings. The van der Waals surface area contributed by atoms with Gasteiger partial charge in [-0.15, -0.1) is 0 Å². The molecule has 1 aromatic carbocycles. The van der Waals surface area contributed by atoms with E-state index in [2.05, 4.69) is 70.9 Å². The van der Waals surface area contributed by atoms with Crippen molar-refractivity contribution in [3.05, 3.63) is 125 Å². The first-order chi connectivity index (χ1) is 18.7. The zero-order chi connectivity index (χ0) is 26.2. The van der Waals surface area contributed by atoms with E-state index in [1.165, 1.54) is 34.4 Å². The number of hydrogen-bond donors (Lipinski definition) is 2. The molecule has 5 rings (SSSR count). The zero-order valence-electron chi connectivity index (χ0n) is 22.3. The molecule has 1 saturated carbocycles. The van der Waals surface area contributed by atoms with Crippen LogP contribution in [0.15, 0.2) is 108 Å². The molecular weight excluding hydrogens is 468 g/mol. The van der Waals surface area contributed by atoms with Crippen molar-refractivity contribution in [2.45, 2.75) is 52.5 Å². The van der Waals surface area contributed by atoms with Crippen LogP contribution in [0.25, 0.3) is 11.3 Å². The summed E-state index contributed by atoms with van der Waals surface area (Å²) in [6.45, 7) is 5.76. The molecule has 0 bridgehead atoms. The normalized spacial score (nSPS) is 17.6. The standard InChI is InChI=1S/C33H36N4O/c1-3-4-11-31(26-12-17-34-18-13-26)33-30(16-21-38-33)24(2)36-23-25-7-5-10-28(22-25)32(27-8-6-9-27)37-29-14-19-35-20-15-29/h4-5,7,10-15,17-20,22,36H,3,6,8-9,16,21,23H2,1-2H3,(H,35,37)/b11-4+,30-24+,33-31-. The highest BCUT2D eigenvalue weighted by Gasteiger charge is 2.22. The fourth-order valence-electron chi connectivity index (χ4n) is 4.85.